The van der Waals surface area contributed by atoms with Gasteiger partial charge in [-0.15, -0.1) is 0 Å². The van der Waals surface area contributed by atoms with Crippen molar-refractivity contribution in [2.45, 2.75) is 13.0 Å². The number of hydrogen-bond acceptors (Lipinski definition) is 6. The van der Waals surface area contributed by atoms with E-state index in [1.165, 1.54) is 6.26 Å². The Kier molecular flexibility index (Phi) is 6.59. The maximum Gasteiger partial charge on any atom is 0.287 e. The van der Waals surface area contributed by atoms with E-state index >= 15 is 0 Å². The lowest BCUT2D eigenvalue weighted by Gasteiger charge is -2.37. The van der Waals surface area contributed by atoms with Gasteiger partial charge in [0, 0.05) is 50.9 Å². The molecule has 1 fully saturated rings. The third-order valence-corrected chi connectivity index (χ3v) is 5.70. The van der Waals surface area contributed by atoms with Gasteiger partial charge in [-0.2, -0.15) is 0 Å². The second-order valence-electron chi connectivity index (χ2n) is 7.65. The molecule has 3 heterocycles. The summed E-state index contributed by atoms with van der Waals surface area (Å²) in [6, 6.07) is 12.7. The summed E-state index contributed by atoms with van der Waals surface area (Å²) in [5.74, 6) is 0.111. The Hall–Kier alpha value is -3.23. The minimum absolute atomic E-state index is 0.0180. The first-order valence-corrected chi connectivity index (χ1v) is 10.5. The fourth-order valence-electron chi connectivity index (χ4n) is 3.81. The lowest BCUT2D eigenvalue weighted by atomic mass is 10.1. The number of rotatable bonds is 7. The first-order chi connectivity index (χ1) is 15.1. The highest BCUT2D eigenvalue weighted by atomic mass is 16.3. The molecular weight excluding hydrogens is 394 g/mol. The third-order valence-electron chi connectivity index (χ3n) is 5.70. The minimum Gasteiger partial charge on any atom is -0.459 e. The first-order valence-electron chi connectivity index (χ1n) is 10.5. The van der Waals surface area contributed by atoms with E-state index in [1.807, 2.05) is 37.3 Å². The molecule has 1 aliphatic rings. The number of aromatic nitrogens is 1. The van der Waals surface area contributed by atoms with E-state index in [-0.39, 0.29) is 17.9 Å². The number of piperazine rings is 1. The lowest BCUT2D eigenvalue weighted by molar-refractivity contribution is -0.121. The van der Waals surface area contributed by atoms with Gasteiger partial charge in [0.25, 0.3) is 5.91 Å². The van der Waals surface area contributed by atoms with Crippen LogP contribution in [0, 0.1) is 0 Å². The van der Waals surface area contributed by atoms with Crippen LogP contribution in [0.2, 0.25) is 0 Å². The van der Waals surface area contributed by atoms with E-state index in [2.05, 4.69) is 25.4 Å². The monoisotopic (exact) mass is 421 g/mol. The fraction of sp³-hybridized carbons (Fsp3) is 0.348. The predicted molar refractivity (Wildman–Crippen MR) is 119 cm³/mol. The molecule has 0 spiro atoms. The van der Waals surface area contributed by atoms with Crippen LogP contribution in [0.1, 0.15) is 17.5 Å². The Bertz CT molecular complexity index is 1020. The molecule has 8 nitrogen and oxygen atoms in total. The molecule has 1 saturated heterocycles. The van der Waals surface area contributed by atoms with Crippen LogP contribution in [0.5, 0.6) is 0 Å². The summed E-state index contributed by atoms with van der Waals surface area (Å²) < 4.78 is 5.09. The van der Waals surface area contributed by atoms with Crippen molar-refractivity contribution in [3.63, 3.8) is 0 Å². The molecule has 1 atom stereocenters. The van der Waals surface area contributed by atoms with Gasteiger partial charge in [-0.25, -0.2) is 0 Å². The predicted octanol–water partition coefficient (Wildman–Crippen LogP) is 2.20. The topological polar surface area (TPSA) is 90.7 Å². The van der Waals surface area contributed by atoms with Crippen LogP contribution >= 0.6 is 0 Å². The van der Waals surface area contributed by atoms with Crippen molar-refractivity contribution in [1.29, 1.82) is 0 Å². The number of fused-ring (bicyclic) bond motifs is 1. The molecule has 4 rings (SSSR count). The summed E-state index contributed by atoms with van der Waals surface area (Å²) in [4.78, 5) is 33.6. The van der Waals surface area contributed by atoms with Crippen molar-refractivity contribution in [1.82, 2.24) is 20.1 Å². The maximum atomic E-state index is 12.9. The SMILES string of the molecule is CC(C(=O)Nc1cccc2ncccc12)N1CCN(CCNC(=O)c2ccco2)CC1. The van der Waals surface area contributed by atoms with E-state index < -0.39 is 0 Å². The van der Waals surface area contributed by atoms with Gasteiger partial charge in [-0.1, -0.05) is 6.07 Å². The van der Waals surface area contributed by atoms with E-state index in [4.69, 9.17) is 4.42 Å². The second kappa shape index (κ2) is 9.72. The number of hydrogen-bond donors (Lipinski definition) is 2. The highest BCUT2D eigenvalue weighted by Gasteiger charge is 2.26. The fourth-order valence-corrected chi connectivity index (χ4v) is 3.81. The number of nitrogens with zero attached hydrogens (tertiary/aromatic N) is 3. The van der Waals surface area contributed by atoms with Crippen molar-refractivity contribution in [3.05, 3.63) is 60.7 Å². The molecule has 2 N–H and O–H groups in total. The number of carbonyl (C=O) groups is 2. The smallest absolute Gasteiger partial charge is 0.287 e. The summed E-state index contributed by atoms with van der Waals surface area (Å²) in [7, 11) is 0. The van der Waals surface area contributed by atoms with Gasteiger partial charge in [0.1, 0.15) is 0 Å². The first kappa shape index (κ1) is 21.0. The van der Waals surface area contributed by atoms with Crippen LogP contribution in [-0.4, -0.2) is 71.9 Å². The van der Waals surface area contributed by atoms with Crippen molar-refractivity contribution in [2.24, 2.45) is 0 Å². The zero-order valence-corrected chi connectivity index (χ0v) is 17.6. The minimum atomic E-state index is -0.229. The van der Waals surface area contributed by atoms with Crippen molar-refractivity contribution in [3.8, 4) is 0 Å². The molecule has 8 heteroatoms. The molecule has 0 saturated carbocycles. The zero-order valence-electron chi connectivity index (χ0n) is 17.6. The number of carbonyl (C=O) groups excluding carboxylic acids is 2. The lowest BCUT2D eigenvalue weighted by Crippen LogP contribution is -2.53. The van der Waals surface area contributed by atoms with Crippen molar-refractivity contribution in [2.75, 3.05) is 44.6 Å². The van der Waals surface area contributed by atoms with Crippen LogP contribution in [-0.2, 0) is 4.79 Å². The molecular formula is C23H27N5O3. The van der Waals surface area contributed by atoms with Crippen LogP contribution in [0.4, 0.5) is 5.69 Å². The molecule has 0 aliphatic carbocycles. The number of amides is 2. The zero-order chi connectivity index (χ0) is 21.6. The molecule has 1 unspecified atom stereocenters. The summed E-state index contributed by atoms with van der Waals surface area (Å²) >= 11 is 0. The highest BCUT2D eigenvalue weighted by Crippen LogP contribution is 2.22. The number of furan rings is 1. The molecule has 0 radical (unpaired) electrons. The van der Waals surface area contributed by atoms with Crippen molar-refractivity contribution < 1.29 is 14.0 Å². The average molecular weight is 422 g/mol. The number of nitrogens with one attached hydrogen (secondary N) is 2. The Labute approximate surface area is 181 Å². The third kappa shape index (κ3) is 5.10. The van der Waals surface area contributed by atoms with Gasteiger partial charge in [-0.3, -0.25) is 24.4 Å². The van der Waals surface area contributed by atoms with E-state index in [0.717, 1.165) is 49.3 Å². The Morgan fingerprint density at radius 2 is 1.94 bits per heavy atom. The average Bonchev–Trinajstić information content (AvgIpc) is 3.34. The summed E-state index contributed by atoms with van der Waals surface area (Å²) in [6.07, 6.45) is 3.24. The quantitative estimate of drug-likeness (QED) is 0.608. The van der Waals surface area contributed by atoms with Crippen LogP contribution < -0.4 is 10.6 Å². The van der Waals surface area contributed by atoms with Gasteiger partial charge in [0.15, 0.2) is 5.76 Å². The van der Waals surface area contributed by atoms with Gasteiger partial charge in [-0.05, 0) is 43.3 Å². The summed E-state index contributed by atoms with van der Waals surface area (Å²) in [6.45, 7) is 6.58. The molecule has 3 aromatic rings. The van der Waals surface area contributed by atoms with E-state index in [0.29, 0.717) is 12.3 Å². The number of anilines is 1. The second-order valence-corrected chi connectivity index (χ2v) is 7.65. The molecule has 1 aliphatic heterocycles. The standard InChI is InChI=1S/C23H27N5O3/c1-17(22(29)26-20-7-2-6-19-18(20)5-3-9-24-19)28-14-12-27(13-15-28)11-10-25-23(30)21-8-4-16-31-21/h2-9,16-17H,10-15H2,1H3,(H,25,30)(H,26,29). The number of benzene rings is 1. The van der Waals surface area contributed by atoms with Crippen LogP contribution in [0.15, 0.2) is 59.3 Å². The van der Waals surface area contributed by atoms with Gasteiger partial charge < -0.3 is 15.1 Å². The number of pyridine rings is 1. The molecule has 1 aromatic carbocycles. The normalized spacial score (nSPS) is 16.2. The van der Waals surface area contributed by atoms with Gasteiger partial charge >= 0.3 is 0 Å². The molecule has 2 aromatic heterocycles. The maximum absolute atomic E-state index is 12.9. The summed E-state index contributed by atoms with van der Waals surface area (Å²) in [5.41, 5.74) is 1.65. The Morgan fingerprint density at radius 3 is 2.71 bits per heavy atom. The molecule has 162 valence electrons. The largest absolute Gasteiger partial charge is 0.459 e. The molecule has 2 amide bonds. The summed E-state index contributed by atoms with van der Waals surface area (Å²) in [5, 5.41) is 6.87. The van der Waals surface area contributed by atoms with Crippen LogP contribution in [0.25, 0.3) is 10.9 Å². The van der Waals surface area contributed by atoms with Gasteiger partial charge in [0.05, 0.1) is 23.5 Å². The highest BCUT2D eigenvalue weighted by molar-refractivity contribution is 6.02. The molecule has 31 heavy (non-hydrogen) atoms. The van der Waals surface area contributed by atoms with Crippen molar-refractivity contribution >= 4 is 28.4 Å². The van der Waals surface area contributed by atoms with E-state index in [1.54, 1.807) is 18.3 Å². The Morgan fingerprint density at radius 1 is 1.10 bits per heavy atom. The Balaban J connectivity index is 1.23. The van der Waals surface area contributed by atoms with Crippen LogP contribution in [0.3, 0.4) is 0 Å². The molecule has 0 bridgehead atoms. The van der Waals surface area contributed by atoms with E-state index in [9.17, 15) is 9.59 Å². The van der Waals surface area contributed by atoms with Gasteiger partial charge in [0.2, 0.25) is 5.91 Å².